The van der Waals surface area contributed by atoms with Crippen LogP contribution in [0.4, 0.5) is 0 Å². The quantitative estimate of drug-likeness (QED) is 0.717. The molecule has 0 radical (unpaired) electrons. The second-order valence-corrected chi connectivity index (χ2v) is 5.44. The van der Waals surface area contributed by atoms with Crippen LogP contribution in [0.3, 0.4) is 0 Å². The van der Waals surface area contributed by atoms with E-state index in [2.05, 4.69) is 36.9 Å². The summed E-state index contributed by atoms with van der Waals surface area (Å²) in [5.41, 5.74) is 0. The lowest BCUT2D eigenvalue weighted by atomic mass is 10.0. The van der Waals surface area contributed by atoms with E-state index in [1.165, 1.54) is 32.5 Å². The van der Waals surface area contributed by atoms with E-state index in [1.54, 1.807) is 0 Å². The van der Waals surface area contributed by atoms with E-state index in [0.29, 0.717) is 12.1 Å². The zero-order valence-corrected chi connectivity index (χ0v) is 11.0. The van der Waals surface area contributed by atoms with Gasteiger partial charge < -0.3 is 10.2 Å². The Morgan fingerprint density at radius 1 is 1.31 bits per heavy atom. The fourth-order valence-electron chi connectivity index (χ4n) is 2.44. The molecule has 1 aliphatic heterocycles. The van der Waals surface area contributed by atoms with Gasteiger partial charge in [-0.25, -0.2) is 0 Å². The Morgan fingerprint density at radius 3 is 2.44 bits per heavy atom. The minimum absolute atomic E-state index is 0.464. The van der Waals surface area contributed by atoms with Gasteiger partial charge in [-0.05, 0) is 38.8 Å². The van der Waals surface area contributed by atoms with Gasteiger partial charge in [0.15, 0.2) is 0 Å². The van der Waals surface area contributed by atoms with Gasteiger partial charge in [0.25, 0.3) is 0 Å². The highest BCUT2D eigenvalue weighted by molar-refractivity contribution is 4.90. The van der Waals surface area contributed by atoms with E-state index >= 15 is 0 Å². The molecular formula is C14H26N2. The lowest BCUT2D eigenvalue weighted by molar-refractivity contribution is 0.175. The molecule has 16 heavy (non-hydrogen) atoms. The van der Waals surface area contributed by atoms with E-state index in [4.69, 9.17) is 6.42 Å². The van der Waals surface area contributed by atoms with Crippen molar-refractivity contribution in [2.75, 3.05) is 19.6 Å². The van der Waals surface area contributed by atoms with E-state index in [0.717, 1.165) is 12.3 Å². The molecule has 1 rings (SSSR count). The summed E-state index contributed by atoms with van der Waals surface area (Å²) in [7, 11) is 0. The van der Waals surface area contributed by atoms with Crippen molar-refractivity contribution in [2.24, 2.45) is 5.92 Å². The zero-order chi connectivity index (χ0) is 12.0. The van der Waals surface area contributed by atoms with Crippen molar-refractivity contribution in [1.82, 2.24) is 10.2 Å². The van der Waals surface area contributed by atoms with Crippen LogP contribution in [0.5, 0.6) is 0 Å². The first-order valence-corrected chi connectivity index (χ1v) is 6.53. The number of piperidine rings is 1. The average Bonchev–Trinajstić information content (AvgIpc) is 2.20. The number of nitrogens with one attached hydrogen (secondary N) is 1. The Bertz CT molecular complexity index is 221. The van der Waals surface area contributed by atoms with Crippen molar-refractivity contribution in [2.45, 2.75) is 52.1 Å². The zero-order valence-electron chi connectivity index (χ0n) is 11.0. The molecule has 0 bridgehead atoms. The molecule has 2 nitrogen and oxygen atoms in total. The number of rotatable bonds is 5. The Morgan fingerprint density at radius 2 is 1.94 bits per heavy atom. The average molecular weight is 222 g/mol. The highest BCUT2D eigenvalue weighted by Gasteiger charge is 2.20. The summed E-state index contributed by atoms with van der Waals surface area (Å²) in [5, 5.41) is 3.62. The number of terminal acetylenes is 1. The second kappa shape index (κ2) is 6.93. The molecular weight excluding hydrogens is 196 g/mol. The van der Waals surface area contributed by atoms with E-state index in [9.17, 15) is 0 Å². The topological polar surface area (TPSA) is 15.3 Å². The maximum absolute atomic E-state index is 5.31. The molecule has 0 aromatic heterocycles. The summed E-state index contributed by atoms with van der Waals surface area (Å²) in [6, 6.07) is 1.14. The van der Waals surface area contributed by atoms with Gasteiger partial charge in [0.2, 0.25) is 0 Å². The van der Waals surface area contributed by atoms with E-state index in [-0.39, 0.29) is 0 Å². The van der Waals surface area contributed by atoms with Crippen molar-refractivity contribution in [3.63, 3.8) is 0 Å². The van der Waals surface area contributed by atoms with Crippen molar-refractivity contribution in [1.29, 1.82) is 0 Å². The molecule has 1 saturated heterocycles. The summed E-state index contributed by atoms with van der Waals surface area (Å²) in [6.07, 6.45) is 8.68. The molecule has 0 saturated carbocycles. The third-order valence-electron chi connectivity index (χ3n) is 3.16. The Labute approximate surface area is 101 Å². The van der Waals surface area contributed by atoms with Crippen LogP contribution in [0, 0.1) is 18.3 Å². The number of hydrogen-bond donors (Lipinski definition) is 1. The molecule has 1 fully saturated rings. The van der Waals surface area contributed by atoms with Gasteiger partial charge in [0.1, 0.15) is 0 Å². The highest BCUT2D eigenvalue weighted by Crippen LogP contribution is 2.12. The standard InChI is InChI=1S/C14H26N2/c1-5-6-13(4)15-14-7-9-16(10-8-14)11-12(2)3/h1,12-15H,6-11H2,2-4H3. The largest absolute Gasteiger partial charge is 0.310 e. The Balaban J connectivity index is 2.19. The molecule has 1 aliphatic rings. The first-order valence-electron chi connectivity index (χ1n) is 6.53. The summed E-state index contributed by atoms with van der Waals surface area (Å²) < 4.78 is 0. The lowest BCUT2D eigenvalue weighted by Crippen LogP contribution is -2.46. The molecule has 0 aliphatic carbocycles. The number of nitrogens with zero attached hydrogens (tertiary/aromatic N) is 1. The molecule has 1 atom stereocenters. The van der Waals surface area contributed by atoms with Crippen molar-refractivity contribution < 1.29 is 0 Å². The maximum Gasteiger partial charge on any atom is 0.0238 e. The first-order chi connectivity index (χ1) is 7.61. The van der Waals surface area contributed by atoms with Gasteiger partial charge in [-0.3, -0.25) is 0 Å². The van der Waals surface area contributed by atoms with Gasteiger partial charge in [-0.2, -0.15) is 0 Å². The van der Waals surface area contributed by atoms with Crippen LogP contribution < -0.4 is 5.32 Å². The molecule has 2 heteroatoms. The molecule has 0 aromatic carbocycles. The van der Waals surface area contributed by atoms with Crippen LogP contribution in [0.25, 0.3) is 0 Å². The van der Waals surface area contributed by atoms with Crippen molar-refractivity contribution >= 4 is 0 Å². The molecule has 1 N–H and O–H groups in total. The van der Waals surface area contributed by atoms with Crippen LogP contribution in [0.1, 0.15) is 40.0 Å². The van der Waals surface area contributed by atoms with Crippen LogP contribution in [-0.2, 0) is 0 Å². The third kappa shape index (κ3) is 5.01. The minimum atomic E-state index is 0.464. The van der Waals surface area contributed by atoms with Gasteiger partial charge >= 0.3 is 0 Å². The fraction of sp³-hybridized carbons (Fsp3) is 0.857. The molecule has 1 unspecified atom stereocenters. The van der Waals surface area contributed by atoms with Gasteiger partial charge in [0, 0.05) is 25.0 Å². The lowest BCUT2D eigenvalue weighted by Gasteiger charge is -2.34. The van der Waals surface area contributed by atoms with Crippen LogP contribution in [0.15, 0.2) is 0 Å². The van der Waals surface area contributed by atoms with Gasteiger partial charge in [-0.15, -0.1) is 12.3 Å². The van der Waals surface area contributed by atoms with E-state index in [1.807, 2.05) is 0 Å². The molecule has 0 amide bonds. The normalized spacial score (nSPS) is 20.9. The smallest absolute Gasteiger partial charge is 0.0238 e. The SMILES string of the molecule is C#CCC(C)NC1CCN(CC(C)C)CC1. The first kappa shape index (κ1) is 13.5. The molecule has 0 spiro atoms. The van der Waals surface area contributed by atoms with Crippen LogP contribution >= 0.6 is 0 Å². The summed E-state index contributed by atoms with van der Waals surface area (Å²) in [5.74, 6) is 3.50. The third-order valence-corrected chi connectivity index (χ3v) is 3.16. The number of hydrogen-bond acceptors (Lipinski definition) is 2. The monoisotopic (exact) mass is 222 g/mol. The summed E-state index contributed by atoms with van der Waals surface area (Å²) in [4.78, 5) is 2.58. The van der Waals surface area contributed by atoms with Crippen molar-refractivity contribution in [3.05, 3.63) is 0 Å². The fourth-order valence-corrected chi connectivity index (χ4v) is 2.44. The Hall–Kier alpha value is -0.520. The predicted molar refractivity (Wildman–Crippen MR) is 70.3 cm³/mol. The molecule has 92 valence electrons. The van der Waals surface area contributed by atoms with Gasteiger partial charge in [0.05, 0.1) is 0 Å². The highest BCUT2D eigenvalue weighted by atomic mass is 15.1. The maximum atomic E-state index is 5.31. The minimum Gasteiger partial charge on any atom is -0.310 e. The molecule has 0 aromatic rings. The van der Waals surface area contributed by atoms with Crippen molar-refractivity contribution in [3.8, 4) is 12.3 Å². The molecule has 1 heterocycles. The van der Waals surface area contributed by atoms with Crippen LogP contribution in [0.2, 0.25) is 0 Å². The Kier molecular flexibility index (Phi) is 5.87. The van der Waals surface area contributed by atoms with Gasteiger partial charge in [-0.1, -0.05) is 13.8 Å². The summed E-state index contributed by atoms with van der Waals surface area (Å²) in [6.45, 7) is 10.5. The summed E-state index contributed by atoms with van der Waals surface area (Å²) >= 11 is 0. The predicted octanol–water partition coefficient (Wildman–Crippen LogP) is 2.11. The van der Waals surface area contributed by atoms with E-state index < -0.39 is 0 Å². The second-order valence-electron chi connectivity index (χ2n) is 5.44. The van der Waals surface area contributed by atoms with Crippen LogP contribution in [-0.4, -0.2) is 36.6 Å². The number of likely N-dealkylation sites (tertiary alicyclic amines) is 1.